The van der Waals surface area contributed by atoms with Crippen molar-refractivity contribution in [2.24, 2.45) is 4.99 Å². The molecule has 2 aromatic rings. The molecule has 0 unspecified atom stereocenters. The van der Waals surface area contributed by atoms with Crippen LogP contribution in [-0.2, 0) is 9.53 Å². The first-order chi connectivity index (χ1) is 15.0. The van der Waals surface area contributed by atoms with Crippen LogP contribution in [0.15, 0.2) is 58.4 Å². The van der Waals surface area contributed by atoms with Gasteiger partial charge in [0, 0.05) is 6.61 Å². The van der Waals surface area contributed by atoms with Crippen LogP contribution in [-0.4, -0.2) is 41.8 Å². The number of amidine groups is 1. The topological polar surface area (TPSA) is 51.1 Å². The summed E-state index contributed by atoms with van der Waals surface area (Å²) in [5.74, 6) is 0.559. The van der Waals surface area contributed by atoms with E-state index >= 15 is 0 Å². The highest BCUT2D eigenvalue weighted by Gasteiger charge is 2.33. The number of carbonyl (C=O) groups excluding carboxylic acids is 1. The molecule has 0 saturated carbocycles. The number of benzene rings is 2. The highest BCUT2D eigenvalue weighted by atomic mass is 35.5. The highest BCUT2D eigenvalue weighted by Crippen LogP contribution is 2.35. The van der Waals surface area contributed by atoms with Crippen molar-refractivity contribution in [1.29, 1.82) is 0 Å². The summed E-state index contributed by atoms with van der Waals surface area (Å²) in [5, 5.41) is 1.17. The van der Waals surface area contributed by atoms with Crippen molar-refractivity contribution in [2.75, 3.05) is 19.8 Å². The Morgan fingerprint density at radius 3 is 2.65 bits per heavy atom. The Hall–Kier alpha value is -2.28. The van der Waals surface area contributed by atoms with Gasteiger partial charge in [-0.3, -0.25) is 9.69 Å². The first kappa shape index (κ1) is 23.4. The third kappa shape index (κ3) is 6.35. The number of ether oxygens (including phenoxy) is 2. The molecule has 1 saturated heterocycles. The second kappa shape index (κ2) is 11.4. The Balaban J connectivity index is 1.85. The van der Waals surface area contributed by atoms with Crippen LogP contribution in [0.4, 0.5) is 5.69 Å². The molecule has 0 bridgehead atoms. The maximum absolute atomic E-state index is 13.1. The van der Waals surface area contributed by atoms with E-state index in [1.807, 2.05) is 68.5 Å². The molecule has 7 heteroatoms. The molecule has 3 rings (SSSR count). The van der Waals surface area contributed by atoms with E-state index in [1.54, 1.807) is 4.90 Å². The highest BCUT2D eigenvalue weighted by molar-refractivity contribution is 8.18. The summed E-state index contributed by atoms with van der Waals surface area (Å²) < 4.78 is 11.3. The van der Waals surface area contributed by atoms with E-state index < -0.39 is 0 Å². The number of thioether (sulfide) groups is 1. The van der Waals surface area contributed by atoms with Crippen molar-refractivity contribution in [3.05, 3.63) is 64.0 Å². The molecule has 1 heterocycles. The van der Waals surface area contributed by atoms with Crippen molar-refractivity contribution >= 4 is 46.2 Å². The summed E-state index contributed by atoms with van der Waals surface area (Å²) in [6.07, 6.45) is 2.82. The van der Waals surface area contributed by atoms with Gasteiger partial charge in [0.1, 0.15) is 5.75 Å². The number of para-hydroxylation sites is 1. The maximum Gasteiger partial charge on any atom is 0.266 e. The first-order valence-corrected chi connectivity index (χ1v) is 11.6. The molecule has 2 aromatic carbocycles. The third-order valence-electron chi connectivity index (χ3n) is 4.69. The van der Waals surface area contributed by atoms with Crippen molar-refractivity contribution in [2.45, 2.75) is 33.3 Å². The van der Waals surface area contributed by atoms with Crippen LogP contribution < -0.4 is 4.74 Å². The Morgan fingerprint density at radius 1 is 1.19 bits per heavy atom. The summed E-state index contributed by atoms with van der Waals surface area (Å²) >= 11 is 7.76. The number of nitrogens with zero attached hydrogens (tertiary/aromatic N) is 2. The Bertz CT molecular complexity index is 963. The van der Waals surface area contributed by atoms with Gasteiger partial charge in [-0.05, 0) is 67.9 Å². The van der Waals surface area contributed by atoms with Gasteiger partial charge in [0.15, 0.2) is 5.17 Å². The van der Waals surface area contributed by atoms with Crippen LogP contribution in [0.1, 0.15) is 32.8 Å². The van der Waals surface area contributed by atoms with Gasteiger partial charge in [-0.15, -0.1) is 0 Å². The number of halogens is 1. The molecule has 1 aliphatic heterocycles. The predicted molar refractivity (Wildman–Crippen MR) is 129 cm³/mol. The van der Waals surface area contributed by atoms with Gasteiger partial charge in [0.2, 0.25) is 0 Å². The normalized spacial score (nSPS) is 17.5. The minimum absolute atomic E-state index is 0.0873. The van der Waals surface area contributed by atoms with Crippen molar-refractivity contribution in [1.82, 2.24) is 4.90 Å². The zero-order chi connectivity index (χ0) is 22.2. The Kier molecular flexibility index (Phi) is 8.58. The zero-order valence-electron chi connectivity index (χ0n) is 18.0. The molecule has 1 fully saturated rings. The first-order valence-electron chi connectivity index (χ1n) is 10.4. The van der Waals surface area contributed by atoms with Crippen LogP contribution in [0.3, 0.4) is 0 Å². The van der Waals surface area contributed by atoms with Crippen LogP contribution in [0.2, 0.25) is 5.02 Å². The van der Waals surface area contributed by atoms with Gasteiger partial charge in [0.05, 0.1) is 34.9 Å². The van der Waals surface area contributed by atoms with Gasteiger partial charge in [-0.2, -0.15) is 0 Å². The Morgan fingerprint density at radius 2 is 1.97 bits per heavy atom. The minimum Gasteiger partial charge on any atom is -0.489 e. The molecule has 5 nitrogen and oxygen atoms in total. The van der Waals surface area contributed by atoms with Crippen LogP contribution in [0.25, 0.3) is 6.08 Å². The average Bonchev–Trinajstić information content (AvgIpc) is 3.05. The molecule has 0 aliphatic carbocycles. The molecule has 0 spiro atoms. The number of aliphatic imine (C=N–C) groups is 1. The quantitative estimate of drug-likeness (QED) is 0.333. The fraction of sp³-hybridized carbons (Fsp3) is 0.333. The summed E-state index contributed by atoms with van der Waals surface area (Å²) in [6.45, 7) is 7.51. The molecule has 164 valence electrons. The van der Waals surface area contributed by atoms with E-state index in [-0.39, 0.29) is 12.0 Å². The molecule has 1 atom stereocenters. The number of hydrogen-bond acceptors (Lipinski definition) is 5. The number of carbonyl (C=O) groups is 1. The van der Waals surface area contributed by atoms with E-state index in [9.17, 15) is 4.79 Å². The van der Waals surface area contributed by atoms with Gasteiger partial charge >= 0.3 is 0 Å². The number of hydrogen-bond donors (Lipinski definition) is 0. The maximum atomic E-state index is 13.1. The molecular weight excluding hydrogens is 432 g/mol. The molecule has 0 N–H and O–H groups in total. The SMILES string of the molecule is CCOCCN1C(=O)/C(=C/c2ccc(O[C@H](C)CC)c(Cl)c2)SC1=Nc1ccccc1. The molecule has 1 aliphatic rings. The lowest BCUT2D eigenvalue weighted by atomic mass is 10.2. The van der Waals surface area contributed by atoms with Crippen LogP contribution in [0.5, 0.6) is 5.75 Å². The van der Waals surface area contributed by atoms with Gasteiger partial charge < -0.3 is 9.47 Å². The van der Waals surface area contributed by atoms with Crippen molar-refractivity contribution in [3.8, 4) is 5.75 Å². The minimum atomic E-state index is -0.0876. The van der Waals surface area contributed by atoms with E-state index in [4.69, 9.17) is 21.1 Å². The lowest BCUT2D eigenvalue weighted by molar-refractivity contribution is -0.122. The fourth-order valence-corrected chi connectivity index (χ4v) is 4.11. The molecule has 0 radical (unpaired) electrons. The largest absolute Gasteiger partial charge is 0.489 e. The summed E-state index contributed by atoms with van der Waals surface area (Å²) in [4.78, 5) is 20.0. The van der Waals surface area contributed by atoms with Crippen LogP contribution in [0, 0.1) is 0 Å². The Labute approximate surface area is 193 Å². The lowest BCUT2D eigenvalue weighted by Crippen LogP contribution is -2.32. The van der Waals surface area contributed by atoms with Gasteiger partial charge in [0.25, 0.3) is 5.91 Å². The third-order valence-corrected chi connectivity index (χ3v) is 5.99. The summed E-state index contributed by atoms with van der Waals surface area (Å²) in [6, 6.07) is 15.2. The van der Waals surface area contributed by atoms with Crippen molar-refractivity contribution in [3.63, 3.8) is 0 Å². The smallest absolute Gasteiger partial charge is 0.266 e. The van der Waals surface area contributed by atoms with E-state index in [1.165, 1.54) is 11.8 Å². The molecule has 31 heavy (non-hydrogen) atoms. The standard InChI is InChI=1S/C24H27ClN2O3S/c1-4-17(3)30-21-12-11-18(15-20(21)25)16-22-23(28)27(13-14-29-5-2)24(31-22)26-19-9-7-6-8-10-19/h6-12,15-17H,4-5,13-14H2,1-3H3/b22-16-,26-24?/t17-/m1/s1. The van der Waals surface area contributed by atoms with Crippen molar-refractivity contribution < 1.29 is 14.3 Å². The monoisotopic (exact) mass is 458 g/mol. The second-order valence-electron chi connectivity index (χ2n) is 7.02. The molecule has 1 amide bonds. The van der Waals surface area contributed by atoms with E-state index in [0.29, 0.717) is 40.6 Å². The summed E-state index contributed by atoms with van der Waals surface area (Å²) in [5.41, 5.74) is 1.64. The fourth-order valence-electron chi connectivity index (χ4n) is 2.86. The van der Waals surface area contributed by atoms with Crippen LogP contribution >= 0.6 is 23.4 Å². The molecule has 0 aromatic heterocycles. The van der Waals surface area contributed by atoms with E-state index in [2.05, 4.69) is 11.9 Å². The number of amides is 1. The predicted octanol–water partition coefficient (Wildman–Crippen LogP) is 6.16. The lowest BCUT2D eigenvalue weighted by Gasteiger charge is -2.15. The van der Waals surface area contributed by atoms with Gasteiger partial charge in [-0.25, -0.2) is 4.99 Å². The second-order valence-corrected chi connectivity index (χ2v) is 8.44. The average molecular weight is 459 g/mol. The summed E-state index contributed by atoms with van der Waals surface area (Å²) in [7, 11) is 0. The zero-order valence-corrected chi connectivity index (χ0v) is 19.6. The van der Waals surface area contributed by atoms with E-state index in [0.717, 1.165) is 17.7 Å². The number of rotatable bonds is 9. The molecular formula is C24H27ClN2O3S. The van der Waals surface area contributed by atoms with Gasteiger partial charge in [-0.1, -0.05) is 42.8 Å².